The number of hydrogen-bond acceptors (Lipinski definition) is 5. The minimum absolute atomic E-state index is 0.0491. The summed E-state index contributed by atoms with van der Waals surface area (Å²) in [5, 5.41) is 0. The summed E-state index contributed by atoms with van der Waals surface area (Å²) in [6, 6.07) is 7.58. The lowest BCUT2D eigenvalue weighted by Crippen LogP contribution is -2.29. The Labute approximate surface area is 134 Å². The highest BCUT2D eigenvalue weighted by molar-refractivity contribution is 8.26. The maximum atomic E-state index is 12.4. The molecule has 0 aliphatic carbocycles. The van der Waals surface area contributed by atoms with Gasteiger partial charge in [-0.2, -0.15) is 0 Å². The predicted molar refractivity (Wildman–Crippen MR) is 89.4 cm³/mol. The number of nitrogens with zero attached hydrogens (tertiary/aromatic N) is 1. The summed E-state index contributed by atoms with van der Waals surface area (Å²) in [5.41, 5.74) is 0.873. The van der Waals surface area contributed by atoms with E-state index in [-0.39, 0.29) is 5.91 Å². The lowest BCUT2D eigenvalue weighted by Gasteiger charge is -2.13. The second-order valence-electron chi connectivity index (χ2n) is 4.42. The number of hydrogen-bond donors (Lipinski definition) is 0. The van der Waals surface area contributed by atoms with Crippen molar-refractivity contribution < 1.29 is 14.3 Å². The third-order valence-corrected chi connectivity index (χ3v) is 4.41. The van der Waals surface area contributed by atoms with Gasteiger partial charge in [-0.3, -0.25) is 9.69 Å². The number of rotatable bonds is 6. The average molecular weight is 323 g/mol. The van der Waals surface area contributed by atoms with Crippen LogP contribution >= 0.6 is 24.0 Å². The highest BCUT2D eigenvalue weighted by Crippen LogP contribution is 2.34. The van der Waals surface area contributed by atoms with Crippen molar-refractivity contribution >= 4 is 40.3 Å². The first-order valence-corrected chi connectivity index (χ1v) is 7.77. The monoisotopic (exact) mass is 323 g/mol. The molecule has 0 unspecified atom stereocenters. The van der Waals surface area contributed by atoms with Gasteiger partial charge in [-0.15, -0.1) is 0 Å². The molecular weight excluding hydrogens is 306 g/mol. The Balaban J connectivity index is 2.16. The molecular formula is C15H17NO3S2. The highest BCUT2D eigenvalue weighted by Gasteiger charge is 2.31. The van der Waals surface area contributed by atoms with Crippen LogP contribution in [0.1, 0.15) is 12.0 Å². The number of amides is 1. The van der Waals surface area contributed by atoms with Gasteiger partial charge in [0.05, 0.1) is 12.0 Å². The van der Waals surface area contributed by atoms with Gasteiger partial charge in [-0.25, -0.2) is 0 Å². The van der Waals surface area contributed by atoms with Gasteiger partial charge in [0.1, 0.15) is 10.1 Å². The minimum Gasteiger partial charge on any atom is -0.496 e. The fraction of sp³-hybridized carbons (Fsp3) is 0.333. The van der Waals surface area contributed by atoms with Gasteiger partial charge in [-0.05, 0) is 18.6 Å². The maximum absolute atomic E-state index is 12.4. The third kappa shape index (κ3) is 3.84. The van der Waals surface area contributed by atoms with Crippen LogP contribution in [0.3, 0.4) is 0 Å². The van der Waals surface area contributed by atoms with Gasteiger partial charge in [0.15, 0.2) is 0 Å². The van der Waals surface area contributed by atoms with Crippen molar-refractivity contribution in [1.29, 1.82) is 0 Å². The quantitative estimate of drug-likeness (QED) is 0.457. The molecule has 1 aliphatic heterocycles. The van der Waals surface area contributed by atoms with E-state index in [0.717, 1.165) is 17.7 Å². The van der Waals surface area contributed by atoms with Crippen LogP contribution in [0.15, 0.2) is 29.2 Å². The largest absolute Gasteiger partial charge is 0.496 e. The molecule has 0 N–H and O–H groups in total. The molecule has 1 aromatic carbocycles. The molecule has 0 spiro atoms. The smallest absolute Gasteiger partial charge is 0.266 e. The van der Waals surface area contributed by atoms with E-state index in [0.29, 0.717) is 22.4 Å². The molecule has 1 saturated heterocycles. The molecule has 0 atom stereocenters. The van der Waals surface area contributed by atoms with Crippen molar-refractivity contribution in [3.8, 4) is 5.75 Å². The molecule has 21 heavy (non-hydrogen) atoms. The Morgan fingerprint density at radius 3 is 2.81 bits per heavy atom. The van der Waals surface area contributed by atoms with Crippen LogP contribution < -0.4 is 4.74 Å². The zero-order chi connectivity index (χ0) is 15.2. The maximum Gasteiger partial charge on any atom is 0.266 e. The van der Waals surface area contributed by atoms with Gasteiger partial charge in [0, 0.05) is 25.8 Å². The summed E-state index contributed by atoms with van der Waals surface area (Å²) in [5.74, 6) is 0.689. The molecule has 6 heteroatoms. The molecule has 1 heterocycles. The first-order chi connectivity index (χ1) is 10.2. The van der Waals surface area contributed by atoms with Crippen LogP contribution in [0.25, 0.3) is 6.08 Å². The van der Waals surface area contributed by atoms with Crippen molar-refractivity contribution in [1.82, 2.24) is 4.90 Å². The molecule has 1 fully saturated rings. The van der Waals surface area contributed by atoms with Crippen molar-refractivity contribution in [3.63, 3.8) is 0 Å². The number of thioether (sulfide) groups is 1. The Morgan fingerprint density at radius 2 is 2.10 bits per heavy atom. The summed E-state index contributed by atoms with van der Waals surface area (Å²) in [6.45, 7) is 1.20. The Bertz CT molecular complexity index is 572. The molecule has 0 saturated carbocycles. The van der Waals surface area contributed by atoms with Gasteiger partial charge in [-0.1, -0.05) is 42.2 Å². The first-order valence-electron chi connectivity index (χ1n) is 6.54. The van der Waals surface area contributed by atoms with Gasteiger partial charge < -0.3 is 9.47 Å². The van der Waals surface area contributed by atoms with Gasteiger partial charge >= 0.3 is 0 Å². The Hall–Kier alpha value is -1.37. The molecule has 1 amide bonds. The number of ether oxygens (including phenoxy) is 2. The third-order valence-electron chi connectivity index (χ3n) is 3.03. The second kappa shape index (κ2) is 7.59. The van der Waals surface area contributed by atoms with E-state index in [9.17, 15) is 4.79 Å². The highest BCUT2D eigenvalue weighted by atomic mass is 32.2. The van der Waals surface area contributed by atoms with Crippen LogP contribution in [0.2, 0.25) is 0 Å². The Kier molecular flexibility index (Phi) is 5.78. The molecule has 4 nitrogen and oxygen atoms in total. The van der Waals surface area contributed by atoms with E-state index in [1.165, 1.54) is 11.8 Å². The SMILES string of the molecule is COCCCN1C(=O)/C(=C/c2ccccc2OC)SC1=S. The molecule has 0 radical (unpaired) electrons. The van der Waals surface area contributed by atoms with Crippen molar-refractivity contribution in [2.24, 2.45) is 0 Å². The lowest BCUT2D eigenvalue weighted by molar-refractivity contribution is -0.122. The van der Waals surface area contributed by atoms with E-state index in [2.05, 4.69) is 0 Å². The minimum atomic E-state index is -0.0491. The lowest BCUT2D eigenvalue weighted by atomic mass is 10.2. The van der Waals surface area contributed by atoms with E-state index in [1.807, 2.05) is 30.3 Å². The molecule has 2 rings (SSSR count). The normalized spacial score (nSPS) is 16.9. The second-order valence-corrected chi connectivity index (χ2v) is 6.10. The predicted octanol–water partition coefficient (Wildman–Crippen LogP) is 2.93. The van der Waals surface area contributed by atoms with E-state index in [1.54, 1.807) is 19.1 Å². The number of methoxy groups -OCH3 is 2. The topological polar surface area (TPSA) is 38.8 Å². The van der Waals surface area contributed by atoms with Gasteiger partial charge in [0.2, 0.25) is 0 Å². The summed E-state index contributed by atoms with van der Waals surface area (Å²) < 4.78 is 10.9. The summed E-state index contributed by atoms with van der Waals surface area (Å²) in [4.78, 5) is 14.6. The fourth-order valence-electron chi connectivity index (χ4n) is 1.99. The Morgan fingerprint density at radius 1 is 1.33 bits per heavy atom. The van der Waals surface area contributed by atoms with Gasteiger partial charge in [0.25, 0.3) is 5.91 Å². The molecule has 1 aliphatic rings. The number of thiocarbonyl (C=S) groups is 1. The molecule has 0 aromatic heterocycles. The average Bonchev–Trinajstić information content (AvgIpc) is 2.75. The fourth-order valence-corrected chi connectivity index (χ4v) is 3.29. The van der Waals surface area contributed by atoms with Crippen molar-refractivity contribution in [3.05, 3.63) is 34.7 Å². The summed E-state index contributed by atoms with van der Waals surface area (Å²) in [7, 11) is 3.26. The van der Waals surface area contributed by atoms with E-state index in [4.69, 9.17) is 21.7 Å². The zero-order valence-electron chi connectivity index (χ0n) is 12.0. The molecule has 112 valence electrons. The van der Waals surface area contributed by atoms with Crippen LogP contribution in [0.5, 0.6) is 5.75 Å². The van der Waals surface area contributed by atoms with Crippen LogP contribution in [0, 0.1) is 0 Å². The zero-order valence-corrected chi connectivity index (χ0v) is 13.6. The number of benzene rings is 1. The van der Waals surface area contributed by atoms with E-state index < -0.39 is 0 Å². The number of para-hydroxylation sites is 1. The van der Waals surface area contributed by atoms with Crippen LogP contribution in [-0.4, -0.2) is 42.5 Å². The number of carbonyl (C=O) groups is 1. The van der Waals surface area contributed by atoms with Crippen molar-refractivity contribution in [2.75, 3.05) is 27.4 Å². The van der Waals surface area contributed by atoms with E-state index >= 15 is 0 Å². The molecule has 0 bridgehead atoms. The molecule has 1 aromatic rings. The number of carbonyl (C=O) groups excluding carboxylic acids is 1. The summed E-state index contributed by atoms with van der Waals surface area (Å²) >= 11 is 6.60. The van der Waals surface area contributed by atoms with Crippen LogP contribution in [-0.2, 0) is 9.53 Å². The standard InChI is InChI=1S/C15H17NO3S2/c1-18-9-5-8-16-14(17)13(21-15(16)20)10-11-6-3-4-7-12(11)19-2/h3-4,6-7,10H,5,8-9H2,1-2H3/b13-10-. The summed E-state index contributed by atoms with van der Waals surface area (Å²) in [6.07, 6.45) is 2.60. The first kappa shape index (κ1) is 16.0. The van der Waals surface area contributed by atoms with Crippen molar-refractivity contribution in [2.45, 2.75) is 6.42 Å². The van der Waals surface area contributed by atoms with Crippen LogP contribution in [0.4, 0.5) is 0 Å².